The van der Waals surface area contributed by atoms with Crippen LogP contribution in [0.3, 0.4) is 0 Å². The molecule has 144 valence electrons. The molecule has 1 heterocycles. The lowest BCUT2D eigenvalue weighted by Gasteiger charge is -2.56. The second-order valence-electron chi connectivity index (χ2n) is 6.63. The van der Waals surface area contributed by atoms with E-state index in [1.807, 2.05) is 0 Å². The van der Waals surface area contributed by atoms with Crippen LogP contribution in [0.15, 0.2) is 12.7 Å². The first kappa shape index (κ1) is 20.3. The lowest BCUT2D eigenvalue weighted by atomic mass is 9.78. The molecule has 1 aliphatic carbocycles. The molecule has 8 nitrogen and oxygen atoms in total. The van der Waals surface area contributed by atoms with E-state index in [1.165, 1.54) is 21.3 Å². The summed E-state index contributed by atoms with van der Waals surface area (Å²) in [6, 6.07) is 0. The minimum absolute atomic E-state index is 0.00294. The quantitative estimate of drug-likeness (QED) is 0.548. The van der Waals surface area contributed by atoms with Crippen molar-refractivity contribution in [2.24, 2.45) is 0 Å². The van der Waals surface area contributed by atoms with Gasteiger partial charge >= 0.3 is 5.97 Å². The number of methoxy groups -OCH3 is 3. The van der Waals surface area contributed by atoms with Gasteiger partial charge in [0.1, 0.15) is 6.10 Å². The van der Waals surface area contributed by atoms with Crippen molar-refractivity contribution in [2.45, 2.75) is 62.2 Å². The van der Waals surface area contributed by atoms with E-state index >= 15 is 0 Å². The Morgan fingerprint density at radius 1 is 1.20 bits per heavy atom. The van der Waals surface area contributed by atoms with Crippen molar-refractivity contribution in [3.05, 3.63) is 12.7 Å². The van der Waals surface area contributed by atoms with Gasteiger partial charge in [0.15, 0.2) is 5.60 Å². The van der Waals surface area contributed by atoms with Crippen molar-refractivity contribution in [1.29, 1.82) is 0 Å². The molecule has 0 amide bonds. The molecule has 1 saturated carbocycles. The molecule has 1 aliphatic heterocycles. The standard InChI is InChI=1S/C17H28O8/c1-7-8-23-11-9-17(19,14(18)20-4)10-12-13(11)25-16(3,22-6)15(2,21-5)24-12/h7,11-13,19H,1,8-10H2,2-6H3/t11-,12-,13-,15+,16+,17+/m1/s1. The Bertz CT molecular complexity index is 511. The summed E-state index contributed by atoms with van der Waals surface area (Å²) in [6.45, 7) is 7.24. The van der Waals surface area contributed by atoms with Gasteiger partial charge in [0.25, 0.3) is 0 Å². The van der Waals surface area contributed by atoms with Crippen LogP contribution in [0.25, 0.3) is 0 Å². The molecule has 1 saturated heterocycles. The molecule has 0 aromatic heterocycles. The van der Waals surface area contributed by atoms with Crippen molar-refractivity contribution in [1.82, 2.24) is 0 Å². The largest absolute Gasteiger partial charge is 0.467 e. The summed E-state index contributed by atoms with van der Waals surface area (Å²) in [5.41, 5.74) is -1.74. The van der Waals surface area contributed by atoms with Crippen molar-refractivity contribution in [2.75, 3.05) is 27.9 Å². The third-order valence-corrected chi connectivity index (χ3v) is 5.15. The fourth-order valence-electron chi connectivity index (χ4n) is 3.41. The van der Waals surface area contributed by atoms with Gasteiger partial charge in [-0.05, 0) is 13.8 Å². The lowest BCUT2D eigenvalue weighted by Crippen LogP contribution is -2.70. The molecular weight excluding hydrogens is 332 g/mol. The van der Waals surface area contributed by atoms with Crippen LogP contribution in [0.5, 0.6) is 0 Å². The topological polar surface area (TPSA) is 92.7 Å². The number of fused-ring (bicyclic) bond motifs is 1. The van der Waals surface area contributed by atoms with E-state index < -0.39 is 41.5 Å². The molecular formula is C17H28O8. The van der Waals surface area contributed by atoms with Crippen LogP contribution in [0.2, 0.25) is 0 Å². The molecule has 6 atom stereocenters. The normalized spacial score (nSPS) is 44.0. The monoisotopic (exact) mass is 360 g/mol. The van der Waals surface area contributed by atoms with Gasteiger partial charge in [-0.2, -0.15) is 0 Å². The number of rotatable bonds is 6. The van der Waals surface area contributed by atoms with Gasteiger partial charge in [0.05, 0.1) is 25.9 Å². The van der Waals surface area contributed by atoms with E-state index in [0.29, 0.717) is 0 Å². The number of hydrogen-bond donors (Lipinski definition) is 1. The Kier molecular flexibility index (Phi) is 5.92. The lowest BCUT2D eigenvalue weighted by molar-refractivity contribution is -0.461. The number of hydrogen-bond acceptors (Lipinski definition) is 8. The first-order chi connectivity index (χ1) is 11.7. The molecule has 0 spiro atoms. The molecule has 0 radical (unpaired) electrons. The Labute approximate surface area is 148 Å². The zero-order valence-electron chi connectivity index (χ0n) is 15.4. The second kappa shape index (κ2) is 7.30. The summed E-state index contributed by atoms with van der Waals surface area (Å²) < 4.78 is 33.7. The van der Waals surface area contributed by atoms with Crippen molar-refractivity contribution >= 4 is 5.97 Å². The van der Waals surface area contributed by atoms with Gasteiger partial charge in [-0.1, -0.05) is 6.08 Å². The second-order valence-corrected chi connectivity index (χ2v) is 6.63. The molecule has 2 aliphatic rings. The zero-order valence-corrected chi connectivity index (χ0v) is 15.4. The van der Waals surface area contributed by atoms with Crippen LogP contribution in [-0.2, 0) is 33.2 Å². The van der Waals surface area contributed by atoms with Gasteiger partial charge in [-0.3, -0.25) is 0 Å². The Morgan fingerprint density at radius 2 is 1.80 bits per heavy atom. The highest BCUT2D eigenvalue weighted by Crippen LogP contribution is 2.46. The Morgan fingerprint density at radius 3 is 2.32 bits per heavy atom. The predicted molar refractivity (Wildman–Crippen MR) is 86.7 cm³/mol. The van der Waals surface area contributed by atoms with Gasteiger partial charge < -0.3 is 33.5 Å². The highest BCUT2D eigenvalue weighted by Gasteiger charge is 2.62. The smallest absolute Gasteiger partial charge is 0.338 e. The third kappa shape index (κ3) is 3.47. The fourth-order valence-corrected chi connectivity index (χ4v) is 3.41. The predicted octanol–water partition coefficient (Wildman–Crippen LogP) is 0.765. The molecule has 25 heavy (non-hydrogen) atoms. The SMILES string of the molecule is C=CCO[C@@H]1C[C@@](O)(C(=O)OC)C[C@H]2O[C@](C)(OC)[C@@](C)(OC)O[C@H]12. The van der Waals surface area contributed by atoms with E-state index in [0.717, 1.165) is 0 Å². The summed E-state index contributed by atoms with van der Waals surface area (Å²) in [5.74, 6) is -3.17. The van der Waals surface area contributed by atoms with E-state index in [4.69, 9.17) is 28.4 Å². The summed E-state index contributed by atoms with van der Waals surface area (Å²) in [4.78, 5) is 12.1. The Balaban J connectivity index is 2.35. The van der Waals surface area contributed by atoms with Crippen LogP contribution in [0.4, 0.5) is 0 Å². The Hall–Kier alpha value is -1.03. The van der Waals surface area contributed by atoms with Crippen molar-refractivity contribution in [3.63, 3.8) is 0 Å². The maximum absolute atomic E-state index is 12.1. The third-order valence-electron chi connectivity index (χ3n) is 5.15. The number of carbonyl (C=O) groups is 1. The highest BCUT2D eigenvalue weighted by molar-refractivity contribution is 5.79. The molecule has 0 unspecified atom stereocenters. The van der Waals surface area contributed by atoms with Crippen LogP contribution < -0.4 is 0 Å². The summed E-state index contributed by atoms with van der Waals surface area (Å²) in [7, 11) is 4.20. The number of aliphatic hydroxyl groups is 1. The van der Waals surface area contributed by atoms with E-state index in [-0.39, 0.29) is 19.4 Å². The summed E-state index contributed by atoms with van der Waals surface area (Å²) >= 11 is 0. The average molecular weight is 360 g/mol. The first-order valence-corrected chi connectivity index (χ1v) is 8.18. The molecule has 2 rings (SSSR count). The molecule has 0 aromatic rings. The van der Waals surface area contributed by atoms with Crippen LogP contribution in [0.1, 0.15) is 26.7 Å². The average Bonchev–Trinajstić information content (AvgIpc) is 2.60. The highest BCUT2D eigenvalue weighted by atomic mass is 16.8. The minimum atomic E-state index is -1.74. The minimum Gasteiger partial charge on any atom is -0.467 e. The van der Waals surface area contributed by atoms with Gasteiger partial charge in [0.2, 0.25) is 11.6 Å². The molecule has 2 fully saturated rings. The maximum Gasteiger partial charge on any atom is 0.338 e. The molecule has 0 bridgehead atoms. The first-order valence-electron chi connectivity index (χ1n) is 8.18. The van der Waals surface area contributed by atoms with E-state index in [2.05, 4.69) is 6.58 Å². The van der Waals surface area contributed by atoms with Gasteiger partial charge in [0, 0.05) is 27.1 Å². The van der Waals surface area contributed by atoms with Crippen molar-refractivity contribution < 1.29 is 38.3 Å². The number of ether oxygens (including phenoxy) is 6. The fraction of sp³-hybridized carbons (Fsp3) is 0.824. The maximum atomic E-state index is 12.1. The van der Waals surface area contributed by atoms with E-state index in [9.17, 15) is 9.90 Å². The number of esters is 1. The summed E-state index contributed by atoms with van der Waals surface area (Å²) in [5, 5.41) is 10.8. The molecule has 8 heteroatoms. The van der Waals surface area contributed by atoms with E-state index in [1.54, 1.807) is 19.9 Å². The summed E-state index contributed by atoms with van der Waals surface area (Å²) in [6.07, 6.45) is -0.228. The molecule has 0 aromatic carbocycles. The van der Waals surface area contributed by atoms with Crippen LogP contribution in [0, 0.1) is 0 Å². The van der Waals surface area contributed by atoms with Crippen molar-refractivity contribution in [3.8, 4) is 0 Å². The zero-order chi connectivity index (χ0) is 18.9. The van der Waals surface area contributed by atoms with Crippen LogP contribution >= 0.6 is 0 Å². The van der Waals surface area contributed by atoms with Crippen LogP contribution in [-0.4, -0.2) is 74.5 Å². The molecule has 1 N–H and O–H groups in total. The number of carbonyl (C=O) groups excluding carboxylic acids is 1. The van der Waals surface area contributed by atoms with Gasteiger partial charge in [-0.25, -0.2) is 4.79 Å². The van der Waals surface area contributed by atoms with Gasteiger partial charge in [-0.15, -0.1) is 6.58 Å².